The number of hydrogen-bond donors (Lipinski definition) is 7. The first-order valence-electron chi connectivity index (χ1n) is 2.59. The molecule has 0 nitrogen and oxygen atoms in total. The molecule has 114 valence electrons. The van der Waals surface area contributed by atoms with Crippen LogP contribution in [0.2, 0.25) is 0 Å². The van der Waals surface area contributed by atoms with Crippen LogP contribution in [0.1, 0.15) is 0 Å². The number of halogens is 7. The summed E-state index contributed by atoms with van der Waals surface area (Å²) in [5.41, 5.74) is 0. The van der Waals surface area contributed by atoms with Crippen LogP contribution in [0.15, 0.2) is 0 Å². The van der Waals surface area contributed by atoms with Crippen molar-refractivity contribution >= 4 is 68.6 Å². The van der Waals surface area contributed by atoms with Crippen LogP contribution in [0.5, 0.6) is 0 Å². The summed E-state index contributed by atoms with van der Waals surface area (Å²) in [6.07, 6.45) is 0. The van der Waals surface area contributed by atoms with Crippen LogP contribution in [0.3, 0.4) is 0 Å². The van der Waals surface area contributed by atoms with Gasteiger partial charge in [-0.05, 0) is 0 Å². The molecule has 0 heterocycles. The summed E-state index contributed by atoms with van der Waals surface area (Å²) < 4.78 is 1.47. The Morgan fingerprint density at radius 2 is 0.812 bits per heavy atom. The standard InChI is InChI=1S/CH4I4S4.CH4I3S3/c6-2-1(3-7,4-8)5-9;5-2-1(3-6)4-7/h6-9H;1,5-7H/q-4;-3. The van der Waals surface area contributed by atoms with E-state index in [9.17, 15) is 0 Å². The second-order valence-electron chi connectivity index (χ2n) is 1.31. The molecule has 0 spiro atoms. The van der Waals surface area contributed by atoms with Crippen LogP contribution >= 0.6 is 68.6 Å². The molecule has 0 aromatic rings. The van der Waals surface area contributed by atoms with Gasteiger partial charge in [0.25, 0.3) is 0 Å². The quantitative estimate of drug-likeness (QED) is 0.0738. The summed E-state index contributed by atoms with van der Waals surface area (Å²) in [6, 6.07) is 0. The number of alkyl halides is 7. The molecule has 0 saturated carbocycles. The van der Waals surface area contributed by atoms with Gasteiger partial charge in [-0.2, -0.15) is 0 Å². The zero-order valence-electron chi connectivity index (χ0n) is 6.85. The maximum absolute atomic E-state index is 4.39. The van der Waals surface area contributed by atoms with Crippen molar-refractivity contribution < 1.29 is 139 Å². The molecule has 0 rings (SSSR count). The molecule has 14 heteroatoms. The summed E-state index contributed by atoms with van der Waals surface area (Å²) in [4.78, 5) is 0. The van der Waals surface area contributed by atoms with Gasteiger partial charge in [0.1, 0.15) is 0 Å². The van der Waals surface area contributed by atoms with Crippen molar-refractivity contribution in [1.29, 1.82) is 0 Å². The van der Waals surface area contributed by atoms with Crippen molar-refractivity contribution in [2.45, 2.75) is -2.62 Å². The van der Waals surface area contributed by atoms with Crippen molar-refractivity contribution in [1.82, 2.24) is 0 Å². The van der Waals surface area contributed by atoms with Gasteiger partial charge < -0.3 is 0 Å². The molecular formula is C2H8I7S7-7. The first-order chi connectivity index (χ1) is 7.59. The van der Waals surface area contributed by atoms with Crippen LogP contribution in [0.25, 0.3) is 0 Å². The fourth-order valence-electron chi connectivity index (χ4n) is 0.135. The normalized spacial score (nSPS) is 13.0. The molecule has 0 fully saturated rings. The molecule has 16 heavy (non-hydrogen) atoms. The Kier molecular flexibility index (Phi) is 30.5. The predicted octanol–water partition coefficient (Wildman–Crippen LogP) is -18.6. The molecule has 0 aliphatic heterocycles. The van der Waals surface area contributed by atoms with Crippen LogP contribution in [-0.2, 0) is 0 Å². The third kappa shape index (κ3) is 13.9. The van der Waals surface area contributed by atoms with E-state index in [1.165, 1.54) is 0 Å². The van der Waals surface area contributed by atoms with Crippen LogP contribution in [-0.4, -0.2) is -2.62 Å². The molecule has 0 amide bonds. The monoisotopic (exact) mass is 1140 g/mol. The maximum atomic E-state index is 4.39. The van der Waals surface area contributed by atoms with E-state index in [0.717, 1.165) is -0.0619 Å². The van der Waals surface area contributed by atoms with Gasteiger partial charge in [-0.15, -0.1) is 0 Å². The summed E-state index contributed by atoms with van der Waals surface area (Å²) in [7, 11) is 30.3. The fraction of sp³-hybridized carbons (Fsp3) is 1.00. The summed E-state index contributed by atoms with van der Waals surface area (Å²) >= 11 is 0.809. The average molecular weight is 1140 g/mol. The van der Waals surface area contributed by atoms with Crippen molar-refractivity contribution in [3.8, 4) is 0 Å². The number of rotatable bonds is 7. The first kappa shape index (κ1) is 25.8. The van der Waals surface area contributed by atoms with Crippen molar-refractivity contribution in [3.63, 3.8) is 0 Å². The van der Waals surface area contributed by atoms with Crippen LogP contribution < -0.4 is 139 Å². The Bertz CT molecular complexity index is 118. The second kappa shape index (κ2) is 18.9. The molecule has 0 unspecified atom stereocenters. The Balaban J connectivity index is 0. The van der Waals surface area contributed by atoms with Gasteiger partial charge in [0.2, 0.25) is 0 Å². The Morgan fingerprint density at radius 3 is 0.812 bits per heavy atom. The summed E-state index contributed by atoms with van der Waals surface area (Å²) in [5, 5.41) is 0. The van der Waals surface area contributed by atoms with Gasteiger partial charge in [-0.3, -0.25) is 0 Å². The van der Waals surface area contributed by atoms with Gasteiger partial charge in [-0.25, -0.2) is 0 Å². The first-order valence-corrected chi connectivity index (χ1v) is 33.3. The van der Waals surface area contributed by atoms with E-state index in [0.29, 0.717) is -2.56 Å². The van der Waals surface area contributed by atoms with E-state index in [2.05, 4.69) is 68.6 Å². The van der Waals surface area contributed by atoms with Gasteiger partial charge in [0.15, 0.2) is 0 Å². The molecule has 0 atom stereocenters. The average Bonchev–Trinajstić information content (AvgIpc) is 2.36. The zero-order valence-corrected chi connectivity index (χ0v) is 28.2. The van der Waals surface area contributed by atoms with E-state index >= 15 is 0 Å². The molecule has 0 saturated heterocycles. The second-order valence-corrected chi connectivity index (χ2v) is 43.1. The zero-order chi connectivity index (χ0) is 13.0. The Hall–Kier alpha value is 7.56. The Labute approximate surface area is 198 Å². The summed E-state index contributed by atoms with van der Waals surface area (Å²) in [6.45, 7) is 0. The van der Waals surface area contributed by atoms with Gasteiger partial charge >= 0.3 is 205 Å². The topological polar surface area (TPSA) is 0 Å². The van der Waals surface area contributed by atoms with E-state index in [1.807, 2.05) is 0 Å². The van der Waals surface area contributed by atoms with E-state index in [4.69, 9.17) is 0 Å². The molecule has 0 N–H and O–H groups in total. The number of hydrogen-bond acceptors (Lipinski definition) is 7. The minimum atomic E-state index is 0.0665. The third-order valence-corrected chi connectivity index (χ3v) is 81.6. The SMILES string of the molecule is S[I-]C([I-]S)([I-]S)[I-]S.S[I-]C([I-]S)[I-]S. The van der Waals surface area contributed by atoms with Crippen molar-refractivity contribution in [2.24, 2.45) is 0 Å². The fourth-order valence-corrected chi connectivity index (χ4v) is 54.8. The van der Waals surface area contributed by atoms with Crippen LogP contribution in [0.4, 0.5) is 0 Å². The number of thiol groups is 7. The van der Waals surface area contributed by atoms with Crippen LogP contribution in [0, 0.1) is 0 Å². The molecule has 0 aromatic heterocycles. The molecule has 0 aromatic carbocycles. The van der Waals surface area contributed by atoms with E-state index in [-0.39, 0.29) is 139 Å². The van der Waals surface area contributed by atoms with Crippen molar-refractivity contribution in [2.75, 3.05) is 0 Å². The van der Waals surface area contributed by atoms with E-state index < -0.39 is 0 Å². The van der Waals surface area contributed by atoms with E-state index in [1.54, 1.807) is 0 Å². The van der Waals surface area contributed by atoms with Gasteiger partial charge in [0.05, 0.1) is 0 Å². The Morgan fingerprint density at radius 1 is 0.562 bits per heavy atom. The third-order valence-electron chi connectivity index (χ3n) is 0.605. The minimum absolute atomic E-state index is 0.0665. The van der Waals surface area contributed by atoms with Crippen molar-refractivity contribution in [3.05, 3.63) is 0 Å². The molecule has 0 radical (unpaired) electrons. The molecule has 0 bridgehead atoms. The molecule has 0 aliphatic rings. The molecule has 0 aliphatic carbocycles. The van der Waals surface area contributed by atoms with Gasteiger partial charge in [-0.1, -0.05) is 0 Å². The molecular weight excluding hydrogens is 1140 g/mol. The predicted molar refractivity (Wildman–Crippen MR) is 69.4 cm³/mol. The summed E-state index contributed by atoms with van der Waals surface area (Å²) in [5.74, 6) is 0. The van der Waals surface area contributed by atoms with Gasteiger partial charge in [0, 0.05) is 0 Å².